The fourth-order valence-electron chi connectivity index (χ4n) is 2.85. The average Bonchev–Trinajstić information content (AvgIpc) is 3.01. The van der Waals surface area contributed by atoms with Crippen molar-refractivity contribution in [3.05, 3.63) is 40.0 Å². The highest BCUT2D eigenvalue weighted by molar-refractivity contribution is 9.10. The van der Waals surface area contributed by atoms with Crippen LogP contribution < -0.4 is 0 Å². The van der Waals surface area contributed by atoms with Gasteiger partial charge in [-0.1, -0.05) is 6.07 Å². The van der Waals surface area contributed by atoms with Crippen molar-refractivity contribution in [2.45, 2.75) is 25.7 Å². The summed E-state index contributed by atoms with van der Waals surface area (Å²) >= 11 is 3.28. The Morgan fingerprint density at radius 3 is 2.82 bits per heavy atom. The second-order valence-corrected chi connectivity index (χ2v) is 6.95. The summed E-state index contributed by atoms with van der Waals surface area (Å²) in [4.78, 5) is 11.8. The molecule has 0 spiro atoms. The van der Waals surface area contributed by atoms with E-state index in [0.717, 1.165) is 6.07 Å². The monoisotopic (exact) mass is 462 g/mol. The second-order valence-electron chi connectivity index (χ2n) is 6.09. The lowest BCUT2D eigenvalue weighted by atomic mass is 10.0. The molecule has 1 aromatic heterocycles. The molecule has 0 aliphatic carbocycles. The summed E-state index contributed by atoms with van der Waals surface area (Å²) in [6.07, 6.45) is -3.30. The number of hydrogen-bond acceptors (Lipinski definition) is 5. The maximum absolute atomic E-state index is 13.6. The highest BCUT2D eigenvalue weighted by Gasteiger charge is 2.36. The third kappa shape index (κ3) is 4.73. The molecule has 2 heterocycles. The zero-order valence-electron chi connectivity index (χ0n) is 15.0. The predicted molar refractivity (Wildman–Crippen MR) is 96.9 cm³/mol. The molecule has 1 aromatic carbocycles. The molecule has 0 amide bonds. The van der Waals surface area contributed by atoms with Gasteiger partial charge in [0.05, 0.1) is 48.6 Å². The van der Waals surface area contributed by atoms with Crippen LogP contribution in [0.2, 0.25) is 0 Å². The van der Waals surface area contributed by atoms with Gasteiger partial charge in [-0.05, 0) is 35.0 Å². The van der Waals surface area contributed by atoms with Crippen LogP contribution in [-0.2, 0) is 26.9 Å². The van der Waals surface area contributed by atoms with E-state index in [-0.39, 0.29) is 29.5 Å². The quantitative estimate of drug-likeness (QED) is 0.630. The van der Waals surface area contributed by atoms with E-state index < -0.39 is 17.7 Å². The van der Waals surface area contributed by atoms with Crippen molar-refractivity contribution in [2.24, 2.45) is 0 Å². The number of hydrogen-bond donors (Lipinski definition) is 0. The molecule has 0 radical (unpaired) electrons. The van der Waals surface area contributed by atoms with E-state index in [1.165, 1.54) is 16.8 Å². The SMILES string of the molecule is CCOC(=O)c1ccc(-c2nn(C[C@H]3COCCO3)cc2Br)c(C(F)(F)F)c1. The number of rotatable bonds is 5. The number of benzene rings is 1. The largest absolute Gasteiger partial charge is 0.462 e. The first-order valence-electron chi connectivity index (χ1n) is 8.60. The Balaban J connectivity index is 1.94. The molecule has 1 aliphatic rings. The van der Waals surface area contributed by atoms with Crippen molar-refractivity contribution in [3.63, 3.8) is 0 Å². The van der Waals surface area contributed by atoms with Crippen LogP contribution in [0.4, 0.5) is 13.2 Å². The lowest BCUT2D eigenvalue weighted by molar-refractivity contribution is -0.137. The van der Waals surface area contributed by atoms with Gasteiger partial charge in [0.25, 0.3) is 0 Å². The number of nitrogens with zero attached hydrogens (tertiary/aromatic N) is 2. The van der Waals surface area contributed by atoms with E-state index in [1.54, 1.807) is 13.1 Å². The zero-order valence-corrected chi connectivity index (χ0v) is 16.5. The third-order valence-corrected chi connectivity index (χ3v) is 4.66. The van der Waals surface area contributed by atoms with Crippen LogP contribution in [0.25, 0.3) is 11.3 Å². The summed E-state index contributed by atoms with van der Waals surface area (Å²) in [6, 6.07) is 3.32. The molecule has 10 heteroatoms. The van der Waals surface area contributed by atoms with Crippen molar-refractivity contribution >= 4 is 21.9 Å². The van der Waals surface area contributed by atoms with Crippen LogP contribution in [0.3, 0.4) is 0 Å². The topological polar surface area (TPSA) is 62.6 Å². The van der Waals surface area contributed by atoms with Gasteiger partial charge in [0.2, 0.25) is 0 Å². The van der Waals surface area contributed by atoms with Crippen molar-refractivity contribution < 1.29 is 32.2 Å². The Morgan fingerprint density at radius 1 is 1.39 bits per heavy atom. The minimum atomic E-state index is -4.67. The molecule has 0 saturated carbocycles. The Hall–Kier alpha value is -1.91. The molecule has 0 N–H and O–H groups in total. The molecule has 1 saturated heterocycles. The zero-order chi connectivity index (χ0) is 20.3. The fourth-order valence-corrected chi connectivity index (χ4v) is 3.38. The summed E-state index contributed by atoms with van der Waals surface area (Å²) in [5.41, 5.74) is -1.13. The lowest BCUT2D eigenvalue weighted by Crippen LogP contribution is -2.32. The van der Waals surface area contributed by atoms with Crippen LogP contribution in [0.15, 0.2) is 28.9 Å². The fraction of sp³-hybridized carbons (Fsp3) is 0.444. The van der Waals surface area contributed by atoms with E-state index in [9.17, 15) is 18.0 Å². The molecule has 0 unspecified atom stereocenters. The van der Waals surface area contributed by atoms with E-state index in [1.807, 2.05) is 0 Å². The van der Waals surface area contributed by atoms with Gasteiger partial charge < -0.3 is 14.2 Å². The van der Waals surface area contributed by atoms with E-state index in [2.05, 4.69) is 21.0 Å². The number of ether oxygens (including phenoxy) is 3. The molecule has 1 aliphatic heterocycles. The van der Waals surface area contributed by atoms with E-state index in [0.29, 0.717) is 30.8 Å². The van der Waals surface area contributed by atoms with Gasteiger partial charge in [-0.25, -0.2) is 4.79 Å². The van der Waals surface area contributed by atoms with Crippen molar-refractivity contribution in [1.29, 1.82) is 0 Å². The van der Waals surface area contributed by atoms with Gasteiger partial charge in [-0.15, -0.1) is 0 Å². The second kappa shape index (κ2) is 8.62. The number of aromatic nitrogens is 2. The molecular formula is C18H18BrF3N2O4. The smallest absolute Gasteiger partial charge is 0.417 e. The number of esters is 1. The van der Waals surface area contributed by atoms with Crippen molar-refractivity contribution in [1.82, 2.24) is 9.78 Å². The lowest BCUT2D eigenvalue weighted by Gasteiger charge is -2.22. The van der Waals surface area contributed by atoms with Crippen molar-refractivity contribution in [2.75, 3.05) is 26.4 Å². The first-order chi connectivity index (χ1) is 13.3. The molecule has 3 rings (SSSR count). The number of halogens is 4. The molecule has 152 valence electrons. The first-order valence-corrected chi connectivity index (χ1v) is 9.40. The van der Waals surface area contributed by atoms with Crippen LogP contribution >= 0.6 is 15.9 Å². The molecule has 0 bridgehead atoms. The predicted octanol–water partition coefficient (Wildman–Crippen LogP) is 3.92. The highest BCUT2D eigenvalue weighted by Crippen LogP contribution is 2.39. The number of carbonyl (C=O) groups is 1. The Kier molecular flexibility index (Phi) is 6.41. The standard InChI is InChI=1S/C18H18BrF3N2O4/c1-2-27-17(25)11-3-4-13(14(7-11)18(20,21)22)16-15(19)9-24(23-16)8-12-10-26-5-6-28-12/h3-4,7,9,12H,2,5-6,8,10H2,1H3/t12-/m0/s1. The minimum absolute atomic E-state index is 0.0742. The van der Waals surface area contributed by atoms with Gasteiger partial charge in [-0.3, -0.25) is 4.68 Å². The Morgan fingerprint density at radius 2 is 2.18 bits per heavy atom. The van der Waals surface area contributed by atoms with Gasteiger partial charge in [0.15, 0.2) is 0 Å². The van der Waals surface area contributed by atoms with Crippen LogP contribution in [-0.4, -0.2) is 48.3 Å². The maximum atomic E-state index is 13.6. The van der Waals surface area contributed by atoms with Gasteiger partial charge >= 0.3 is 12.1 Å². The Bertz CT molecular complexity index is 848. The third-order valence-electron chi connectivity index (χ3n) is 4.08. The maximum Gasteiger partial charge on any atom is 0.417 e. The average molecular weight is 463 g/mol. The van der Waals surface area contributed by atoms with E-state index in [4.69, 9.17) is 14.2 Å². The van der Waals surface area contributed by atoms with E-state index >= 15 is 0 Å². The number of carbonyl (C=O) groups excluding carboxylic acids is 1. The normalized spacial score (nSPS) is 17.5. The molecule has 2 aromatic rings. The Labute approximate surface area is 167 Å². The summed E-state index contributed by atoms with van der Waals surface area (Å²) < 4.78 is 58.5. The summed E-state index contributed by atoms with van der Waals surface area (Å²) in [7, 11) is 0. The van der Waals surface area contributed by atoms with Gasteiger partial charge in [-0.2, -0.15) is 18.3 Å². The summed E-state index contributed by atoms with van der Waals surface area (Å²) in [5, 5.41) is 4.28. The molecule has 1 atom stereocenters. The van der Waals surface area contributed by atoms with Crippen LogP contribution in [0, 0.1) is 0 Å². The van der Waals surface area contributed by atoms with Crippen LogP contribution in [0.1, 0.15) is 22.8 Å². The molecule has 6 nitrogen and oxygen atoms in total. The summed E-state index contributed by atoms with van der Waals surface area (Å²) in [5.74, 6) is -0.807. The molecule has 28 heavy (non-hydrogen) atoms. The molecule has 1 fully saturated rings. The number of alkyl halides is 3. The highest BCUT2D eigenvalue weighted by atomic mass is 79.9. The van der Waals surface area contributed by atoms with Crippen LogP contribution in [0.5, 0.6) is 0 Å². The van der Waals surface area contributed by atoms with Crippen molar-refractivity contribution in [3.8, 4) is 11.3 Å². The minimum Gasteiger partial charge on any atom is -0.462 e. The molecular weight excluding hydrogens is 445 g/mol. The first kappa shape index (κ1) is 20.8. The van der Waals surface area contributed by atoms with Gasteiger partial charge in [0, 0.05) is 11.8 Å². The summed E-state index contributed by atoms with van der Waals surface area (Å²) in [6.45, 7) is 3.39. The van der Waals surface area contributed by atoms with Gasteiger partial charge in [0.1, 0.15) is 11.8 Å².